The molecule has 0 radical (unpaired) electrons. The number of ether oxygens (including phenoxy) is 1. The maximum atomic E-state index is 13.7. The van der Waals surface area contributed by atoms with Gasteiger partial charge in [0, 0.05) is 11.3 Å². The Morgan fingerprint density at radius 2 is 1.68 bits per heavy atom. The first kappa shape index (κ1) is 19.4. The van der Waals surface area contributed by atoms with Crippen LogP contribution in [0.1, 0.15) is 10.4 Å². The molecule has 0 saturated carbocycles. The molecule has 0 unspecified atom stereocenters. The molecule has 0 aliphatic heterocycles. The summed E-state index contributed by atoms with van der Waals surface area (Å²) < 4.78 is 45.8. The summed E-state index contributed by atoms with van der Waals surface area (Å²) in [6.45, 7) is 0. The third kappa shape index (κ3) is 4.47. The van der Waals surface area contributed by atoms with E-state index in [0.29, 0.717) is 17.0 Å². The van der Waals surface area contributed by atoms with Gasteiger partial charge in [-0.15, -0.1) is 0 Å². The highest BCUT2D eigenvalue weighted by Crippen LogP contribution is 2.21. The second kappa shape index (κ2) is 8.10. The van der Waals surface area contributed by atoms with Gasteiger partial charge in [0.15, 0.2) is 0 Å². The molecule has 3 aromatic rings. The largest absolute Gasteiger partial charge is 0.497 e. The minimum Gasteiger partial charge on any atom is -0.497 e. The van der Waals surface area contributed by atoms with E-state index >= 15 is 0 Å². The van der Waals surface area contributed by atoms with Crippen molar-refractivity contribution in [3.63, 3.8) is 0 Å². The second-order valence-electron chi connectivity index (χ2n) is 5.80. The summed E-state index contributed by atoms with van der Waals surface area (Å²) in [7, 11) is -2.46. The highest BCUT2D eigenvalue weighted by Gasteiger charge is 2.16. The van der Waals surface area contributed by atoms with Crippen molar-refractivity contribution in [3.05, 3.63) is 84.2 Å². The standard InChI is InChI=1S/C20H17FN2O4S/c1-27-16-6-4-5-14(13-16)20(24)22-15-9-11-17(12-10-15)28(25,26)23-19-8-3-2-7-18(19)21/h2-13,23H,1H3,(H,22,24). The molecule has 0 spiro atoms. The van der Waals surface area contributed by atoms with Crippen molar-refractivity contribution in [1.82, 2.24) is 0 Å². The predicted molar refractivity (Wildman–Crippen MR) is 105 cm³/mol. The van der Waals surface area contributed by atoms with Gasteiger partial charge in [-0.25, -0.2) is 12.8 Å². The van der Waals surface area contributed by atoms with Gasteiger partial charge < -0.3 is 10.1 Å². The Morgan fingerprint density at radius 3 is 2.36 bits per heavy atom. The van der Waals surface area contributed by atoms with Gasteiger partial charge in [0.1, 0.15) is 11.6 Å². The summed E-state index contributed by atoms with van der Waals surface area (Å²) >= 11 is 0. The Balaban J connectivity index is 1.74. The third-order valence-corrected chi connectivity index (χ3v) is 5.25. The maximum Gasteiger partial charge on any atom is 0.261 e. The number of amides is 1. The lowest BCUT2D eigenvalue weighted by Gasteiger charge is -2.10. The number of carbonyl (C=O) groups excluding carboxylic acids is 1. The van der Waals surface area contributed by atoms with Gasteiger partial charge in [0.25, 0.3) is 15.9 Å². The maximum absolute atomic E-state index is 13.7. The summed E-state index contributed by atoms with van der Waals surface area (Å²) in [4.78, 5) is 12.2. The predicted octanol–water partition coefficient (Wildman–Crippen LogP) is 3.89. The van der Waals surface area contributed by atoms with Crippen molar-refractivity contribution >= 4 is 27.3 Å². The molecule has 1 amide bonds. The molecule has 0 aromatic heterocycles. The van der Waals surface area contributed by atoms with Gasteiger partial charge >= 0.3 is 0 Å². The molecule has 0 aliphatic rings. The average Bonchev–Trinajstić information content (AvgIpc) is 2.70. The minimum atomic E-state index is -3.96. The molecule has 0 heterocycles. The van der Waals surface area contributed by atoms with Crippen molar-refractivity contribution in [2.24, 2.45) is 0 Å². The molecule has 6 nitrogen and oxygen atoms in total. The number of hydrogen-bond donors (Lipinski definition) is 2. The van der Waals surface area contributed by atoms with E-state index in [1.807, 2.05) is 0 Å². The van der Waals surface area contributed by atoms with Crippen LogP contribution in [0.25, 0.3) is 0 Å². The number of sulfonamides is 1. The molecule has 0 fully saturated rings. The Bertz CT molecular complexity index is 1100. The van der Waals surface area contributed by atoms with Crippen LogP contribution < -0.4 is 14.8 Å². The van der Waals surface area contributed by atoms with Crippen LogP contribution in [0, 0.1) is 5.82 Å². The van der Waals surface area contributed by atoms with E-state index in [1.165, 1.54) is 49.6 Å². The lowest BCUT2D eigenvalue weighted by atomic mass is 10.2. The lowest BCUT2D eigenvalue weighted by molar-refractivity contribution is 0.102. The van der Waals surface area contributed by atoms with Crippen LogP contribution in [0.5, 0.6) is 5.75 Å². The number of para-hydroxylation sites is 1. The van der Waals surface area contributed by atoms with Crippen LogP contribution in [0.4, 0.5) is 15.8 Å². The van der Waals surface area contributed by atoms with E-state index in [0.717, 1.165) is 6.07 Å². The first-order valence-corrected chi connectivity index (χ1v) is 9.70. The van der Waals surface area contributed by atoms with Crippen LogP contribution >= 0.6 is 0 Å². The number of hydrogen-bond acceptors (Lipinski definition) is 4. The van der Waals surface area contributed by atoms with Gasteiger partial charge in [-0.1, -0.05) is 18.2 Å². The summed E-state index contributed by atoms with van der Waals surface area (Å²) in [6.07, 6.45) is 0. The summed E-state index contributed by atoms with van der Waals surface area (Å²) in [6, 6.07) is 17.7. The molecule has 8 heteroatoms. The molecule has 3 rings (SSSR count). The van der Waals surface area contributed by atoms with Crippen LogP contribution in [0.2, 0.25) is 0 Å². The first-order valence-electron chi connectivity index (χ1n) is 8.22. The van der Waals surface area contributed by atoms with Crippen LogP contribution in [0.3, 0.4) is 0 Å². The van der Waals surface area contributed by atoms with Crippen molar-refractivity contribution < 1.29 is 22.3 Å². The molecule has 0 saturated heterocycles. The zero-order valence-electron chi connectivity index (χ0n) is 14.8. The number of methoxy groups -OCH3 is 1. The smallest absolute Gasteiger partial charge is 0.261 e. The van der Waals surface area contributed by atoms with E-state index in [2.05, 4.69) is 10.0 Å². The normalized spacial score (nSPS) is 10.9. The van der Waals surface area contributed by atoms with Gasteiger partial charge in [-0.3, -0.25) is 9.52 Å². The third-order valence-electron chi connectivity index (χ3n) is 3.87. The Kier molecular flexibility index (Phi) is 5.60. The fourth-order valence-electron chi connectivity index (χ4n) is 2.43. The molecule has 0 atom stereocenters. The van der Waals surface area contributed by atoms with Gasteiger partial charge in [-0.05, 0) is 54.6 Å². The number of anilines is 2. The molecule has 28 heavy (non-hydrogen) atoms. The molecule has 0 aliphatic carbocycles. The zero-order chi connectivity index (χ0) is 20.1. The summed E-state index contributed by atoms with van der Waals surface area (Å²) in [5.41, 5.74) is 0.674. The van der Waals surface area contributed by atoms with Crippen molar-refractivity contribution in [1.29, 1.82) is 0 Å². The number of rotatable bonds is 6. The number of carbonyl (C=O) groups is 1. The number of nitrogens with one attached hydrogen (secondary N) is 2. The van der Waals surface area contributed by atoms with Crippen LogP contribution in [-0.4, -0.2) is 21.4 Å². The van der Waals surface area contributed by atoms with E-state index in [1.54, 1.807) is 24.3 Å². The molecule has 3 aromatic carbocycles. The minimum absolute atomic E-state index is 0.0601. The van der Waals surface area contributed by atoms with E-state index in [9.17, 15) is 17.6 Å². The van der Waals surface area contributed by atoms with Gasteiger partial charge in [0.2, 0.25) is 0 Å². The fraction of sp³-hybridized carbons (Fsp3) is 0.0500. The molecular formula is C20H17FN2O4S. The summed E-state index contributed by atoms with van der Waals surface area (Å²) in [5.74, 6) is -0.486. The molecule has 144 valence electrons. The SMILES string of the molecule is COc1cccc(C(=O)Nc2ccc(S(=O)(=O)Nc3ccccc3F)cc2)c1. The summed E-state index contributed by atoms with van der Waals surface area (Å²) in [5, 5.41) is 2.68. The molecule has 2 N–H and O–H groups in total. The van der Waals surface area contributed by atoms with Crippen molar-refractivity contribution in [2.45, 2.75) is 4.90 Å². The van der Waals surface area contributed by atoms with Crippen LogP contribution in [0.15, 0.2) is 77.7 Å². The lowest BCUT2D eigenvalue weighted by Crippen LogP contribution is -2.15. The van der Waals surface area contributed by atoms with Crippen molar-refractivity contribution in [3.8, 4) is 5.75 Å². The van der Waals surface area contributed by atoms with E-state index in [-0.39, 0.29) is 16.5 Å². The van der Waals surface area contributed by atoms with Crippen molar-refractivity contribution in [2.75, 3.05) is 17.1 Å². The Hall–Kier alpha value is -3.39. The first-order chi connectivity index (χ1) is 13.4. The highest BCUT2D eigenvalue weighted by atomic mass is 32.2. The van der Waals surface area contributed by atoms with Gasteiger partial charge in [-0.2, -0.15) is 0 Å². The Labute approximate surface area is 162 Å². The highest BCUT2D eigenvalue weighted by molar-refractivity contribution is 7.92. The van der Waals surface area contributed by atoms with Crippen LogP contribution in [-0.2, 0) is 10.0 Å². The second-order valence-corrected chi connectivity index (χ2v) is 7.48. The monoisotopic (exact) mass is 400 g/mol. The quantitative estimate of drug-likeness (QED) is 0.658. The number of halogens is 1. The molecule has 0 bridgehead atoms. The number of benzene rings is 3. The molecular weight excluding hydrogens is 383 g/mol. The van der Waals surface area contributed by atoms with E-state index < -0.39 is 15.8 Å². The van der Waals surface area contributed by atoms with E-state index in [4.69, 9.17) is 4.74 Å². The average molecular weight is 400 g/mol. The fourth-order valence-corrected chi connectivity index (χ4v) is 3.50. The Morgan fingerprint density at radius 1 is 0.964 bits per heavy atom. The van der Waals surface area contributed by atoms with Gasteiger partial charge in [0.05, 0.1) is 17.7 Å². The zero-order valence-corrected chi connectivity index (χ0v) is 15.7. The topological polar surface area (TPSA) is 84.5 Å².